The minimum atomic E-state index is 0.105. The van der Waals surface area contributed by atoms with Crippen molar-refractivity contribution in [3.63, 3.8) is 0 Å². The Morgan fingerprint density at radius 1 is 1.50 bits per heavy atom. The Morgan fingerprint density at radius 3 is 2.43 bits per heavy atom. The average Bonchev–Trinajstić information content (AvgIpc) is 2.74. The largest absolute Gasteiger partial charge is 0.271 e. The van der Waals surface area contributed by atoms with Crippen LogP contribution in [0.4, 0.5) is 0 Å². The normalized spacial score (nSPS) is 27.8. The molecule has 0 bridgehead atoms. The van der Waals surface area contributed by atoms with Crippen LogP contribution in [0, 0.1) is 29.1 Å². The van der Waals surface area contributed by atoms with E-state index in [4.69, 9.17) is 5.84 Å². The fourth-order valence-corrected chi connectivity index (χ4v) is 1.67. The van der Waals surface area contributed by atoms with Crippen LogP contribution in [0.1, 0.15) is 40.5 Å². The van der Waals surface area contributed by atoms with Gasteiger partial charge in [0.2, 0.25) is 0 Å². The number of hydrazine groups is 1. The van der Waals surface area contributed by atoms with Gasteiger partial charge in [-0.25, -0.2) is 0 Å². The first-order valence-electron chi connectivity index (χ1n) is 5.40. The van der Waals surface area contributed by atoms with Crippen molar-refractivity contribution in [2.24, 2.45) is 23.1 Å². The van der Waals surface area contributed by atoms with E-state index in [1.165, 1.54) is 6.42 Å². The number of nitrogens with one attached hydrogen (secondary N) is 1. The molecule has 0 aromatic carbocycles. The standard InChI is InChI=1S/C12H22N2/c1-9-8-10(9)11(14-13)6-5-7-12(2,3)4/h9-11,14H,6,8,13H2,1-4H3. The zero-order valence-electron chi connectivity index (χ0n) is 9.72. The minimum absolute atomic E-state index is 0.105. The predicted octanol–water partition coefficient (Wildman–Crippen LogP) is 1.91. The van der Waals surface area contributed by atoms with Gasteiger partial charge in [-0.15, -0.1) is 5.92 Å². The Kier molecular flexibility index (Phi) is 3.58. The molecule has 0 aromatic rings. The molecule has 1 fully saturated rings. The lowest BCUT2D eigenvalue weighted by Gasteiger charge is -2.12. The molecule has 3 atom stereocenters. The molecular weight excluding hydrogens is 172 g/mol. The summed E-state index contributed by atoms with van der Waals surface area (Å²) in [6.07, 6.45) is 2.18. The van der Waals surface area contributed by atoms with Crippen LogP contribution < -0.4 is 11.3 Å². The molecule has 1 aliphatic rings. The molecule has 1 rings (SSSR count). The zero-order chi connectivity index (χ0) is 10.8. The van der Waals surface area contributed by atoms with Crippen molar-refractivity contribution < 1.29 is 0 Å². The third-order valence-corrected chi connectivity index (χ3v) is 2.69. The molecule has 0 radical (unpaired) electrons. The summed E-state index contributed by atoms with van der Waals surface area (Å²) in [5.41, 5.74) is 2.98. The fraction of sp³-hybridized carbons (Fsp3) is 0.833. The summed E-state index contributed by atoms with van der Waals surface area (Å²) in [5, 5.41) is 0. The van der Waals surface area contributed by atoms with Crippen LogP contribution in [0.25, 0.3) is 0 Å². The first-order valence-corrected chi connectivity index (χ1v) is 5.40. The van der Waals surface area contributed by atoms with Crippen molar-refractivity contribution in [1.82, 2.24) is 5.43 Å². The first-order chi connectivity index (χ1) is 6.44. The van der Waals surface area contributed by atoms with Gasteiger partial charge in [0.05, 0.1) is 0 Å². The maximum atomic E-state index is 5.51. The van der Waals surface area contributed by atoms with Crippen molar-refractivity contribution in [2.75, 3.05) is 0 Å². The zero-order valence-corrected chi connectivity index (χ0v) is 9.72. The molecule has 1 aliphatic carbocycles. The second-order valence-corrected chi connectivity index (χ2v) is 5.41. The highest BCUT2D eigenvalue weighted by molar-refractivity contribution is 5.10. The topological polar surface area (TPSA) is 38.0 Å². The van der Waals surface area contributed by atoms with E-state index in [1.54, 1.807) is 0 Å². The number of nitrogens with two attached hydrogens (primary N) is 1. The van der Waals surface area contributed by atoms with Crippen molar-refractivity contribution in [2.45, 2.75) is 46.6 Å². The Morgan fingerprint density at radius 2 is 2.07 bits per heavy atom. The van der Waals surface area contributed by atoms with Crippen molar-refractivity contribution in [3.05, 3.63) is 0 Å². The van der Waals surface area contributed by atoms with Gasteiger partial charge in [0.1, 0.15) is 0 Å². The SMILES string of the molecule is CC1CC1C(CC#CC(C)(C)C)NN. The summed E-state index contributed by atoms with van der Waals surface area (Å²) < 4.78 is 0. The minimum Gasteiger partial charge on any atom is -0.271 e. The van der Waals surface area contributed by atoms with Crippen LogP contribution in [0.15, 0.2) is 0 Å². The van der Waals surface area contributed by atoms with Crippen molar-refractivity contribution >= 4 is 0 Å². The molecule has 1 saturated carbocycles. The smallest absolute Gasteiger partial charge is 0.0350 e. The summed E-state index contributed by atoms with van der Waals surface area (Å²) in [7, 11) is 0. The summed E-state index contributed by atoms with van der Waals surface area (Å²) >= 11 is 0. The van der Waals surface area contributed by atoms with Crippen LogP contribution >= 0.6 is 0 Å². The molecular formula is C12H22N2. The van der Waals surface area contributed by atoms with Crippen molar-refractivity contribution in [1.29, 1.82) is 0 Å². The summed E-state index contributed by atoms with van der Waals surface area (Å²) in [6.45, 7) is 8.66. The lowest BCUT2D eigenvalue weighted by molar-refractivity contribution is 0.464. The molecule has 0 amide bonds. The highest BCUT2D eigenvalue weighted by Gasteiger charge is 2.38. The Hall–Kier alpha value is -0.520. The molecule has 2 nitrogen and oxygen atoms in total. The van der Waals surface area contributed by atoms with E-state index in [0.717, 1.165) is 18.3 Å². The lowest BCUT2D eigenvalue weighted by atomic mass is 9.97. The molecule has 0 heterocycles. The molecule has 80 valence electrons. The van der Waals surface area contributed by atoms with Gasteiger partial charge in [0.25, 0.3) is 0 Å². The maximum Gasteiger partial charge on any atom is 0.0350 e. The van der Waals surface area contributed by atoms with E-state index < -0.39 is 0 Å². The van der Waals surface area contributed by atoms with Crippen molar-refractivity contribution in [3.8, 4) is 11.8 Å². The number of hydrogen-bond acceptors (Lipinski definition) is 2. The molecule has 0 aliphatic heterocycles. The van der Waals surface area contributed by atoms with Crippen LogP contribution in [-0.4, -0.2) is 6.04 Å². The van der Waals surface area contributed by atoms with E-state index >= 15 is 0 Å². The monoisotopic (exact) mass is 194 g/mol. The number of rotatable bonds is 3. The van der Waals surface area contributed by atoms with Gasteiger partial charge >= 0.3 is 0 Å². The van der Waals surface area contributed by atoms with E-state index in [0.29, 0.717) is 6.04 Å². The summed E-state index contributed by atoms with van der Waals surface area (Å²) in [6, 6.07) is 0.389. The van der Waals surface area contributed by atoms with Gasteiger partial charge in [-0.1, -0.05) is 12.8 Å². The third-order valence-electron chi connectivity index (χ3n) is 2.69. The van der Waals surface area contributed by atoms with Gasteiger partial charge in [-0.3, -0.25) is 11.3 Å². The third kappa shape index (κ3) is 3.69. The molecule has 0 aromatic heterocycles. The van der Waals surface area contributed by atoms with E-state index in [1.807, 2.05) is 0 Å². The Labute approximate surface area is 87.6 Å². The van der Waals surface area contributed by atoms with E-state index in [2.05, 4.69) is 45.0 Å². The van der Waals surface area contributed by atoms with Gasteiger partial charge in [-0.2, -0.15) is 0 Å². The molecule has 2 heteroatoms. The van der Waals surface area contributed by atoms with Gasteiger partial charge in [-0.05, 0) is 39.0 Å². The Balaban J connectivity index is 2.37. The van der Waals surface area contributed by atoms with Crippen LogP contribution in [0.2, 0.25) is 0 Å². The molecule has 3 unspecified atom stereocenters. The molecule has 0 spiro atoms. The highest BCUT2D eigenvalue weighted by Crippen LogP contribution is 2.41. The quantitative estimate of drug-likeness (QED) is 0.409. The van der Waals surface area contributed by atoms with Gasteiger partial charge < -0.3 is 0 Å². The second kappa shape index (κ2) is 4.33. The van der Waals surface area contributed by atoms with Gasteiger partial charge in [0.15, 0.2) is 0 Å². The number of hydrogen-bond donors (Lipinski definition) is 2. The molecule has 3 N–H and O–H groups in total. The highest BCUT2D eigenvalue weighted by atomic mass is 15.2. The lowest BCUT2D eigenvalue weighted by Crippen LogP contribution is -2.36. The first kappa shape index (κ1) is 11.6. The molecule has 0 saturated heterocycles. The van der Waals surface area contributed by atoms with E-state index in [9.17, 15) is 0 Å². The van der Waals surface area contributed by atoms with Crippen LogP contribution in [0.3, 0.4) is 0 Å². The maximum absolute atomic E-state index is 5.51. The average molecular weight is 194 g/mol. The Bertz CT molecular complexity index is 241. The summed E-state index contributed by atoms with van der Waals surface area (Å²) in [5.74, 6) is 13.5. The molecule has 14 heavy (non-hydrogen) atoms. The van der Waals surface area contributed by atoms with Crippen LogP contribution in [-0.2, 0) is 0 Å². The second-order valence-electron chi connectivity index (χ2n) is 5.41. The van der Waals surface area contributed by atoms with E-state index in [-0.39, 0.29) is 5.41 Å². The predicted molar refractivity (Wildman–Crippen MR) is 60.2 cm³/mol. The summed E-state index contributed by atoms with van der Waals surface area (Å²) in [4.78, 5) is 0. The van der Waals surface area contributed by atoms with Crippen LogP contribution in [0.5, 0.6) is 0 Å². The van der Waals surface area contributed by atoms with Gasteiger partial charge in [0, 0.05) is 17.9 Å². The fourth-order valence-electron chi connectivity index (χ4n) is 1.67.